The molecule has 2 aromatic rings. The van der Waals surface area contributed by atoms with E-state index in [1.165, 1.54) is 18.9 Å². The van der Waals surface area contributed by atoms with Crippen molar-refractivity contribution < 1.29 is 13.2 Å². The molecule has 0 radical (unpaired) electrons. The lowest BCUT2D eigenvalue weighted by Gasteiger charge is -2.34. The third-order valence-electron chi connectivity index (χ3n) is 6.21. The van der Waals surface area contributed by atoms with Crippen LogP contribution in [-0.4, -0.2) is 66.6 Å². The molecular formula is C22H29N5O3S. The number of carbonyl (C=O) groups excluding carboxylic acids is 1. The van der Waals surface area contributed by atoms with Gasteiger partial charge in [-0.3, -0.25) is 9.78 Å². The van der Waals surface area contributed by atoms with E-state index in [2.05, 4.69) is 21.8 Å². The van der Waals surface area contributed by atoms with Crippen molar-refractivity contribution >= 4 is 21.7 Å². The molecule has 1 atom stereocenters. The molecule has 2 fully saturated rings. The van der Waals surface area contributed by atoms with Crippen LogP contribution in [0.5, 0.6) is 0 Å². The second-order valence-corrected chi connectivity index (χ2v) is 10.7. The van der Waals surface area contributed by atoms with Crippen molar-refractivity contribution in [1.29, 1.82) is 0 Å². The average molecular weight is 444 g/mol. The van der Waals surface area contributed by atoms with E-state index in [0.717, 1.165) is 19.5 Å². The topological polar surface area (TPSA) is 96.4 Å². The molecule has 4 heterocycles. The predicted octanol–water partition coefficient (Wildman–Crippen LogP) is 2.53. The highest BCUT2D eigenvalue weighted by Crippen LogP contribution is 2.33. The number of rotatable bonds is 4. The lowest BCUT2D eigenvalue weighted by molar-refractivity contribution is 0.0711. The van der Waals surface area contributed by atoms with Crippen LogP contribution in [0.4, 0.5) is 5.95 Å². The van der Waals surface area contributed by atoms with E-state index < -0.39 is 9.84 Å². The summed E-state index contributed by atoms with van der Waals surface area (Å²) in [4.78, 5) is 30.1. The van der Waals surface area contributed by atoms with E-state index in [0.29, 0.717) is 49.1 Å². The van der Waals surface area contributed by atoms with Crippen molar-refractivity contribution in [1.82, 2.24) is 19.9 Å². The molecule has 0 saturated carbocycles. The normalized spacial score (nSPS) is 20.6. The second-order valence-electron chi connectivity index (χ2n) is 8.69. The van der Waals surface area contributed by atoms with E-state index in [-0.39, 0.29) is 16.7 Å². The maximum atomic E-state index is 12.7. The van der Waals surface area contributed by atoms with Crippen LogP contribution in [0.1, 0.15) is 54.6 Å². The quantitative estimate of drug-likeness (QED) is 0.716. The Bertz CT molecular complexity index is 1040. The Balaban J connectivity index is 1.55. The number of hydrogen-bond donors (Lipinski definition) is 0. The minimum Gasteiger partial charge on any atom is -0.341 e. The number of pyridine rings is 1. The molecule has 8 nitrogen and oxygen atoms in total. The van der Waals surface area contributed by atoms with Crippen molar-refractivity contribution in [3.8, 4) is 0 Å². The first-order valence-corrected chi connectivity index (χ1v) is 12.7. The lowest BCUT2D eigenvalue weighted by Crippen LogP contribution is -2.39. The number of carbonyl (C=O) groups is 1. The van der Waals surface area contributed by atoms with Crippen LogP contribution < -0.4 is 4.90 Å². The number of sulfone groups is 1. The van der Waals surface area contributed by atoms with E-state index >= 15 is 0 Å². The first-order valence-electron chi connectivity index (χ1n) is 10.8. The molecule has 4 rings (SSSR count). The third-order valence-corrected chi connectivity index (χ3v) is 7.32. The zero-order chi connectivity index (χ0) is 22.0. The van der Waals surface area contributed by atoms with Gasteiger partial charge in [0.25, 0.3) is 5.91 Å². The maximum absolute atomic E-state index is 12.7. The van der Waals surface area contributed by atoms with Gasteiger partial charge in [-0.25, -0.2) is 18.4 Å². The molecule has 9 heteroatoms. The van der Waals surface area contributed by atoms with Crippen LogP contribution >= 0.6 is 0 Å². The zero-order valence-corrected chi connectivity index (χ0v) is 18.9. The molecule has 0 bridgehead atoms. The smallest absolute Gasteiger partial charge is 0.253 e. The van der Waals surface area contributed by atoms with Gasteiger partial charge in [-0.15, -0.1) is 0 Å². The fraction of sp³-hybridized carbons (Fsp3) is 0.545. The van der Waals surface area contributed by atoms with Crippen LogP contribution in [-0.2, 0) is 9.84 Å². The highest BCUT2D eigenvalue weighted by molar-refractivity contribution is 7.90. The molecule has 2 aliphatic heterocycles. The molecule has 0 N–H and O–H groups in total. The Hall–Kier alpha value is -2.55. The number of hydrogen-bond acceptors (Lipinski definition) is 7. The van der Waals surface area contributed by atoms with Gasteiger partial charge in [0.1, 0.15) is 4.90 Å². The molecule has 166 valence electrons. The van der Waals surface area contributed by atoms with Crippen molar-refractivity contribution in [2.75, 3.05) is 37.3 Å². The van der Waals surface area contributed by atoms with E-state index in [4.69, 9.17) is 4.98 Å². The Morgan fingerprint density at radius 1 is 1.10 bits per heavy atom. The SMILES string of the molecule is CC1CCCN(c2ncc(S(C)(=O)=O)c(C3CCN(C(=O)c4ccncc4)CC3)n2)C1. The van der Waals surface area contributed by atoms with Crippen LogP contribution in [0.2, 0.25) is 0 Å². The number of anilines is 1. The summed E-state index contributed by atoms with van der Waals surface area (Å²) in [5.74, 6) is 1.15. The highest BCUT2D eigenvalue weighted by atomic mass is 32.2. The fourth-order valence-corrected chi connectivity index (χ4v) is 5.35. The summed E-state index contributed by atoms with van der Waals surface area (Å²) in [6.45, 7) is 5.12. The number of amides is 1. The molecule has 1 amide bonds. The summed E-state index contributed by atoms with van der Waals surface area (Å²) in [7, 11) is -3.44. The molecule has 0 aliphatic carbocycles. The van der Waals surface area contributed by atoms with Gasteiger partial charge in [-0.05, 0) is 43.7 Å². The van der Waals surface area contributed by atoms with Gasteiger partial charge in [-0.1, -0.05) is 6.92 Å². The molecular weight excluding hydrogens is 414 g/mol. The third kappa shape index (κ3) is 4.87. The van der Waals surface area contributed by atoms with E-state index in [9.17, 15) is 13.2 Å². The second kappa shape index (κ2) is 8.90. The summed E-state index contributed by atoms with van der Waals surface area (Å²) in [6, 6.07) is 3.43. The standard InChI is InChI=1S/C22H29N5O3S/c1-16-4-3-11-27(15-16)22-24-14-19(31(2,29)30)20(25-22)17-7-12-26(13-8-17)21(28)18-5-9-23-10-6-18/h5-6,9-10,14,16-17H,3-4,7-8,11-13,15H2,1-2H3. The van der Waals surface area contributed by atoms with Gasteiger partial charge in [0.15, 0.2) is 9.84 Å². The number of likely N-dealkylation sites (tertiary alicyclic amines) is 1. The van der Waals surface area contributed by atoms with E-state index in [1.807, 2.05) is 4.90 Å². The summed E-state index contributed by atoms with van der Waals surface area (Å²) in [5, 5.41) is 0. The summed E-state index contributed by atoms with van der Waals surface area (Å²) in [6.07, 6.45) is 9.53. The lowest BCUT2D eigenvalue weighted by atomic mass is 9.93. The van der Waals surface area contributed by atoms with Crippen molar-refractivity contribution in [3.05, 3.63) is 42.0 Å². The van der Waals surface area contributed by atoms with Gasteiger partial charge in [0, 0.05) is 56.3 Å². The summed E-state index contributed by atoms with van der Waals surface area (Å²) < 4.78 is 24.9. The minimum atomic E-state index is -3.44. The minimum absolute atomic E-state index is 0.0184. The molecule has 0 aromatic carbocycles. The van der Waals surface area contributed by atoms with Gasteiger partial charge >= 0.3 is 0 Å². The Labute approximate surface area is 183 Å². The van der Waals surface area contributed by atoms with Gasteiger partial charge in [0.2, 0.25) is 5.95 Å². The van der Waals surface area contributed by atoms with Gasteiger partial charge in [0.05, 0.1) is 11.9 Å². The summed E-state index contributed by atoms with van der Waals surface area (Å²) >= 11 is 0. The largest absolute Gasteiger partial charge is 0.341 e. The Kier molecular flexibility index (Phi) is 6.22. The molecule has 2 saturated heterocycles. The maximum Gasteiger partial charge on any atom is 0.253 e. The molecule has 0 spiro atoms. The molecule has 1 unspecified atom stereocenters. The highest BCUT2D eigenvalue weighted by Gasteiger charge is 2.30. The van der Waals surface area contributed by atoms with Crippen LogP contribution in [0.15, 0.2) is 35.6 Å². The van der Waals surface area contributed by atoms with Crippen LogP contribution in [0.3, 0.4) is 0 Å². The van der Waals surface area contributed by atoms with Crippen LogP contribution in [0.25, 0.3) is 0 Å². The number of aromatic nitrogens is 3. The molecule has 2 aliphatic rings. The molecule has 31 heavy (non-hydrogen) atoms. The zero-order valence-electron chi connectivity index (χ0n) is 18.1. The van der Waals surface area contributed by atoms with Gasteiger partial charge < -0.3 is 9.80 Å². The summed E-state index contributed by atoms with van der Waals surface area (Å²) in [5.41, 5.74) is 1.22. The van der Waals surface area contributed by atoms with Crippen molar-refractivity contribution in [2.24, 2.45) is 5.92 Å². The monoisotopic (exact) mass is 443 g/mol. The van der Waals surface area contributed by atoms with Crippen LogP contribution in [0, 0.1) is 5.92 Å². The Morgan fingerprint density at radius 3 is 2.45 bits per heavy atom. The first-order chi connectivity index (χ1) is 14.8. The van der Waals surface area contributed by atoms with Gasteiger partial charge in [-0.2, -0.15) is 0 Å². The van der Waals surface area contributed by atoms with Crippen molar-refractivity contribution in [2.45, 2.75) is 43.4 Å². The van der Waals surface area contributed by atoms with Crippen molar-refractivity contribution in [3.63, 3.8) is 0 Å². The van der Waals surface area contributed by atoms with E-state index in [1.54, 1.807) is 24.5 Å². The number of piperidine rings is 2. The average Bonchev–Trinajstić information content (AvgIpc) is 2.78. The fourth-order valence-electron chi connectivity index (χ4n) is 4.51. The Morgan fingerprint density at radius 2 is 1.81 bits per heavy atom. The first kappa shape index (κ1) is 21.7. The number of nitrogens with zero attached hydrogens (tertiary/aromatic N) is 5. The predicted molar refractivity (Wildman–Crippen MR) is 118 cm³/mol. The molecule has 2 aromatic heterocycles.